The van der Waals surface area contributed by atoms with Gasteiger partial charge < -0.3 is 20.7 Å². The number of carbonyl (C=O) groups is 2. The third-order valence-corrected chi connectivity index (χ3v) is 11.0. The lowest BCUT2D eigenvalue weighted by Crippen LogP contribution is -2.51. The number of aromatic nitrogens is 1. The Morgan fingerprint density at radius 2 is 1.74 bits per heavy atom. The first-order valence-electron chi connectivity index (χ1n) is 16.5. The summed E-state index contributed by atoms with van der Waals surface area (Å²) in [6, 6.07) is 20.7. The van der Waals surface area contributed by atoms with Gasteiger partial charge in [0, 0.05) is 37.8 Å². The smallest absolute Gasteiger partial charge is 0.264 e. The maximum atomic E-state index is 13.8. The molecule has 0 aliphatic carbocycles. The first kappa shape index (κ1) is 34.5. The number of benzene rings is 2. The fourth-order valence-corrected chi connectivity index (χ4v) is 7.85. The number of hydrogen-bond acceptors (Lipinski definition) is 7. The summed E-state index contributed by atoms with van der Waals surface area (Å²) < 4.78 is 35.3. The first-order valence-corrected chi connectivity index (χ1v) is 18.0. The summed E-state index contributed by atoms with van der Waals surface area (Å²) in [5.41, 5.74) is 8.18. The molecule has 0 radical (unpaired) electrons. The number of nitrogens with zero attached hydrogens (tertiary/aromatic N) is 3. The molecule has 2 amide bonds. The largest absolute Gasteiger partial charge is 0.478 e. The molecule has 0 saturated carbocycles. The molecular formula is C36H47N5O5S. The molecule has 2 fully saturated rings. The number of piperidine rings is 1. The molecule has 10 nitrogen and oxygen atoms in total. The number of ether oxygens (including phenoxy) is 1. The van der Waals surface area contributed by atoms with Crippen molar-refractivity contribution in [1.29, 1.82) is 0 Å². The number of hydrogen-bond donors (Lipinski definition) is 2. The molecule has 252 valence electrons. The van der Waals surface area contributed by atoms with Crippen LogP contribution in [0.25, 0.3) is 11.3 Å². The van der Waals surface area contributed by atoms with E-state index in [1.54, 1.807) is 36.9 Å². The van der Waals surface area contributed by atoms with Gasteiger partial charge in [0.05, 0.1) is 12.2 Å². The van der Waals surface area contributed by atoms with E-state index in [1.807, 2.05) is 36.4 Å². The minimum atomic E-state index is -3.83. The van der Waals surface area contributed by atoms with Gasteiger partial charge in [-0.25, -0.2) is 13.4 Å². The van der Waals surface area contributed by atoms with Crippen LogP contribution in [-0.2, 0) is 19.6 Å². The van der Waals surface area contributed by atoms with E-state index in [0.717, 1.165) is 30.4 Å². The highest BCUT2D eigenvalue weighted by Gasteiger charge is 2.34. The van der Waals surface area contributed by atoms with E-state index < -0.39 is 21.5 Å². The highest BCUT2D eigenvalue weighted by molar-refractivity contribution is 7.89. The lowest BCUT2D eigenvalue weighted by Gasteiger charge is -2.32. The van der Waals surface area contributed by atoms with E-state index in [0.29, 0.717) is 50.0 Å². The van der Waals surface area contributed by atoms with Gasteiger partial charge in [0.15, 0.2) is 10.6 Å². The van der Waals surface area contributed by atoms with Crippen LogP contribution in [0.1, 0.15) is 76.3 Å². The van der Waals surface area contributed by atoms with Crippen molar-refractivity contribution in [3.63, 3.8) is 0 Å². The summed E-state index contributed by atoms with van der Waals surface area (Å²) in [4.78, 5) is 32.1. The van der Waals surface area contributed by atoms with Gasteiger partial charge in [0.2, 0.25) is 5.91 Å². The molecule has 0 bridgehead atoms. The topological polar surface area (TPSA) is 135 Å². The second-order valence-electron chi connectivity index (χ2n) is 13.3. The Balaban J connectivity index is 1.23. The Morgan fingerprint density at radius 1 is 1.02 bits per heavy atom. The molecule has 0 spiro atoms. The van der Waals surface area contributed by atoms with Gasteiger partial charge in [-0.15, -0.1) is 0 Å². The SMILES string of the molecule is CC(C)c1ccc(-c2cccc(S(=O)(=O)N3CCCC(c4cccc(OC(C)(C)C(=O)NCC(=O)N5CCCC5CN)c4)C3)n2)cc1. The lowest BCUT2D eigenvalue weighted by molar-refractivity contribution is -0.138. The first-order chi connectivity index (χ1) is 22.4. The van der Waals surface area contributed by atoms with Crippen LogP contribution >= 0.6 is 0 Å². The van der Waals surface area contributed by atoms with Gasteiger partial charge in [-0.3, -0.25) is 9.59 Å². The zero-order chi connectivity index (χ0) is 33.8. The Hall–Kier alpha value is -3.80. The van der Waals surface area contributed by atoms with Crippen molar-refractivity contribution in [3.8, 4) is 17.0 Å². The number of amides is 2. The maximum absolute atomic E-state index is 13.8. The van der Waals surface area contributed by atoms with Crippen molar-refractivity contribution < 1.29 is 22.7 Å². The second kappa shape index (κ2) is 14.5. The number of nitrogens with two attached hydrogens (primary N) is 1. The molecule has 2 aliphatic heterocycles. The van der Waals surface area contributed by atoms with Crippen molar-refractivity contribution in [1.82, 2.24) is 19.5 Å². The number of likely N-dealkylation sites (tertiary alicyclic amines) is 1. The predicted molar refractivity (Wildman–Crippen MR) is 182 cm³/mol. The van der Waals surface area contributed by atoms with Crippen molar-refractivity contribution in [2.24, 2.45) is 5.73 Å². The molecule has 3 aromatic rings. The lowest BCUT2D eigenvalue weighted by atomic mass is 9.91. The summed E-state index contributed by atoms with van der Waals surface area (Å²) >= 11 is 0. The molecule has 2 saturated heterocycles. The van der Waals surface area contributed by atoms with E-state index in [2.05, 4.69) is 36.3 Å². The summed E-state index contributed by atoms with van der Waals surface area (Å²) in [6.45, 7) is 9.26. The van der Waals surface area contributed by atoms with Crippen LogP contribution in [0, 0.1) is 0 Å². The van der Waals surface area contributed by atoms with Crippen LogP contribution < -0.4 is 15.8 Å². The molecule has 2 aliphatic rings. The fourth-order valence-electron chi connectivity index (χ4n) is 6.38. The van der Waals surface area contributed by atoms with Crippen LogP contribution in [-0.4, -0.2) is 78.8 Å². The monoisotopic (exact) mass is 661 g/mol. The number of rotatable bonds is 11. The third kappa shape index (κ3) is 8.02. The quantitative estimate of drug-likeness (QED) is 0.305. The molecule has 47 heavy (non-hydrogen) atoms. The van der Waals surface area contributed by atoms with Crippen LogP contribution in [0.5, 0.6) is 5.75 Å². The third-order valence-electron chi connectivity index (χ3n) is 9.20. The van der Waals surface area contributed by atoms with Gasteiger partial charge in [0.25, 0.3) is 15.9 Å². The Kier molecular flexibility index (Phi) is 10.7. The van der Waals surface area contributed by atoms with E-state index >= 15 is 0 Å². The highest BCUT2D eigenvalue weighted by atomic mass is 32.2. The van der Waals surface area contributed by atoms with Gasteiger partial charge >= 0.3 is 0 Å². The summed E-state index contributed by atoms with van der Waals surface area (Å²) in [6.07, 6.45) is 3.31. The van der Waals surface area contributed by atoms with E-state index in [4.69, 9.17) is 10.5 Å². The van der Waals surface area contributed by atoms with Gasteiger partial charge in [-0.1, -0.05) is 56.3 Å². The van der Waals surface area contributed by atoms with Crippen molar-refractivity contribution in [2.45, 2.75) is 81.9 Å². The number of sulfonamides is 1. The normalized spacial score (nSPS) is 19.1. The number of carbonyl (C=O) groups excluding carboxylic acids is 2. The average molecular weight is 662 g/mol. The van der Waals surface area contributed by atoms with Crippen LogP contribution in [0.3, 0.4) is 0 Å². The van der Waals surface area contributed by atoms with E-state index in [1.165, 1.54) is 9.87 Å². The van der Waals surface area contributed by atoms with Crippen LogP contribution in [0.4, 0.5) is 0 Å². The second-order valence-corrected chi connectivity index (χ2v) is 15.2. The fraction of sp³-hybridized carbons (Fsp3) is 0.472. The number of pyridine rings is 1. The molecule has 2 unspecified atom stereocenters. The predicted octanol–water partition coefficient (Wildman–Crippen LogP) is 4.66. The number of nitrogens with one attached hydrogen (secondary N) is 1. The van der Waals surface area contributed by atoms with E-state index in [9.17, 15) is 18.0 Å². The molecule has 11 heteroatoms. The Morgan fingerprint density at radius 3 is 2.47 bits per heavy atom. The molecule has 2 atom stereocenters. The van der Waals surface area contributed by atoms with Crippen molar-refractivity contribution in [2.75, 3.05) is 32.7 Å². The van der Waals surface area contributed by atoms with Gasteiger partial charge in [0.1, 0.15) is 5.75 Å². The molecule has 2 aromatic carbocycles. The average Bonchev–Trinajstić information content (AvgIpc) is 3.56. The van der Waals surface area contributed by atoms with Crippen molar-refractivity contribution in [3.05, 3.63) is 77.9 Å². The molecule has 5 rings (SSSR count). The minimum absolute atomic E-state index is 0.0195. The van der Waals surface area contributed by atoms with Crippen molar-refractivity contribution >= 4 is 21.8 Å². The molecule has 1 aromatic heterocycles. The maximum Gasteiger partial charge on any atom is 0.264 e. The zero-order valence-electron chi connectivity index (χ0n) is 27.8. The summed E-state index contributed by atoms with van der Waals surface area (Å²) in [7, 11) is -3.83. The summed E-state index contributed by atoms with van der Waals surface area (Å²) in [5.74, 6) is 0.290. The molecular weight excluding hydrogens is 614 g/mol. The zero-order valence-corrected chi connectivity index (χ0v) is 28.6. The van der Waals surface area contributed by atoms with Crippen LogP contribution in [0.15, 0.2) is 71.8 Å². The summed E-state index contributed by atoms with van der Waals surface area (Å²) in [5, 5.41) is 2.76. The van der Waals surface area contributed by atoms with Gasteiger partial charge in [-0.2, -0.15) is 4.31 Å². The molecule has 3 heterocycles. The highest BCUT2D eigenvalue weighted by Crippen LogP contribution is 2.33. The van der Waals surface area contributed by atoms with Gasteiger partial charge in [-0.05, 0) is 86.8 Å². The van der Waals surface area contributed by atoms with Crippen LogP contribution in [0.2, 0.25) is 0 Å². The molecule has 3 N–H and O–H groups in total. The Labute approximate surface area is 278 Å². The minimum Gasteiger partial charge on any atom is -0.478 e. The Bertz CT molecular complexity index is 1670. The standard InChI is InChI=1S/C36H47N5O5S/c1-25(2)26-15-17-27(18-16-26)32-13-6-14-33(39-32)47(44,45)40-19-7-10-29(24-40)28-9-5-12-31(21-28)46-36(3,4)35(43)38-23-34(42)41-20-8-11-30(41)22-37/h5-6,9,12-18,21,25,29-30H,7-8,10-11,19-20,22-24,37H2,1-4H3,(H,38,43). The van der Waals surface area contributed by atoms with E-state index in [-0.39, 0.29) is 29.4 Å².